The quantitative estimate of drug-likeness (QED) is 0.686. The number of carbonyl (C=O) groups is 1. The summed E-state index contributed by atoms with van der Waals surface area (Å²) < 4.78 is 15.4. The lowest BCUT2D eigenvalue weighted by Gasteiger charge is -2.43. The molecular weight excluding hydrogens is 397 g/mol. The third-order valence-electron chi connectivity index (χ3n) is 6.67. The standard InChI is InChI=1S/C24H28FN3OS/c25-21-6-8-23(9-7-21)30-28-11-10-18-16-19(4-5-20(18)17-28)24(29)27-14-12-26(13-15-27)22-2-1-3-22/h4-9,16,22H,1-3,10-15,17H2. The molecule has 6 heteroatoms. The molecule has 2 aromatic rings. The zero-order chi connectivity index (χ0) is 20.5. The van der Waals surface area contributed by atoms with Gasteiger partial charge in [-0.15, -0.1) is 0 Å². The summed E-state index contributed by atoms with van der Waals surface area (Å²) >= 11 is 1.67. The van der Waals surface area contributed by atoms with Crippen molar-refractivity contribution in [3.63, 3.8) is 0 Å². The first kappa shape index (κ1) is 20.0. The van der Waals surface area contributed by atoms with Crippen LogP contribution in [0.25, 0.3) is 0 Å². The van der Waals surface area contributed by atoms with E-state index in [9.17, 15) is 9.18 Å². The molecule has 1 saturated heterocycles. The number of piperazine rings is 1. The zero-order valence-corrected chi connectivity index (χ0v) is 18.0. The van der Waals surface area contributed by atoms with E-state index in [4.69, 9.17) is 0 Å². The molecule has 0 bridgehead atoms. The second-order valence-electron chi connectivity index (χ2n) is 8.56. The van der Waals surface area contributed by atoms with Crippen molar-refractivity contribution >= 4 is 17.9 Å². The van der Waals surface area contributed by atoms with Crippen LogP contribution in [0.1, 0.15) is 40.7 Å². The lowest BCUT2D eigenvalue weighted by molar-refractivity contribution is 0.0455. The van der Waals surface area contributed by atoms with E-state index < -0.39 is 0 Å². The summed E-state index contributed by atoms with van der Waals surface area (Å²) in [6.45, 7) is 5.47. The maximum Gasteiger partial charge on any atom is 0.253 e. The van der Waals surface area contributed by atoms with Gasteiger partial charge in [0.1, 0.15) is 5.82 Å². The topological polar surface area (TPSA) is 26.8 Å². The van der Waals surface area contributed by atoms with E-state index in [0.29, 0.717) is 0 Å². The number of amides is 1. The number of carbonyl (C=O) groups excluding carboxylic acids is 1. The summed E-state index contributed by atoms with van der Waals surface area (Å²) in [4.78, 5) is 18.7. The Kier molecular flexibility index (Phi) is 5.81. The molecule has 4 nitrogen and oxygen atoms in total. The molecule has 0 atom stereocenters. The van der Waals surface area contributed by atoms with Crippen molar-refractivity contribution < 1.29 is 9.18 Å². The molecule has 1 aliphatic carbocycles. The SMILES string of the molecule is O=C(c1ccc2c(c1)CCN(Sc1ccc(F)cc1)C2)N1CCN(C2CCC2)CC1. The van der Waals surface area contributed by atoms with E-state index in [0.717, 1.165) is 62.2 Å². The van der Waals surface area contributed by atoms with E-state index in [1.54, 1.807) is 11.9 Å². The molecular formula is C24H28FN3OS. The number of nitrogens with zero attached hydrogens (tertiary/aromatic N) is 3. The Balaban J connectivity index is 1.20. The fourth-order valence-electron chi connectivity index (χ4n) is 4.61. The van der Waals surface area contributed by atoms with Crippen molar-refractivity contribution in [2.75, 3.05) is 32.7 Å². The van der Waals surface area contributed by atoms with Crippen LogP contribution in [0.4, 0.5) is 4.39 Å². The monoisotopic (exact) mass is 425 g/mol. The van der Waals surface area contributed by atoms with Crippen molar-refractivity contribution in [3.05, 3.63) is 65.0 Å². The highest BCUT2D eigenvalue weighted by Gasteiger charge is 2.30. The molecule has 2 aliphatic heterocycles. The molecule has 2 aromatic carbocycles. The number of hydrogen-bond donors (Lipinski definition) is 0. The number of hydrogen-bond acceptors (Lipinski definition) is 4. The largest absolute Gasteiger partial charge is 0.336 e. The molecule has 0 N–H and O–H groups in total. The van der Waals surface area contributed by atoms with Gasteiger partial charge in [0.05, 0.1) is 0 Å². The summed E-state index contributed by atoms with van der Waals surface area (Å²) in [5.74, 6) is -0.0286. The minimum absolute atomic E-state index is 0.175. The summed E-state index contributed by atoms with van der Waals surface area (Å²) in [7, 11) is 0. The minimum Gasteiger partial charge on any atom is -0.336 e. The van der Waals surface area contributed by atoms with Crippen LogP contribution in [-0.4, -0.2) is 58.8 Å². The van der Waals surface area contributed by atoms with Gasteiger partial charge in [-0.05, 0) is 78.7 Å². The van der Waals surface area contributed by atoms with E-state index >= 15 is 0 Å². The Morgan fingerprint density at radius 1 is 0.933 bits per heavy atom. The molecule has 3 aliphatic rings. The molecule has 1 amide bonds. The van der Waals surface area contributed by atoms with Gasteiger partial charge in [0, 0.05) is 55.8 Å². The highest BCUT2D eigenvalue weighted by Crippen LogP contribution is 2.30. The lowest BCUT2D eigenvalue weighted by atomic mass is 9.91. The smallest absolute Gasteiger partial charge is 0.253 e. The molecule has 1 saturated carbocycles. The van der Waals surface area contributed by atoms with Crippen LogP contribution in [0.15, 0.2) is 47.4 Å². The summed E-state index contributed by atoms with van der Waals surface area (Å²) in [6.07, 6.45) is 4.95. The first-order valence-electron chi connectivity index (χ1n) is 11.0. The second kappa shape index (κ2) is 8.69. The maximum atomic E-state index is 13.1. The third-order valence-corrected chi connectivity index (χ3v) is 7.72. The first-order chi connectivity index (χ1) is 14.7. The Labute approximate surface area is 182 Å². The van der Waals surface area contributed by atoms with Crippen LogP contribution in [-0.2, 0) is 13.0 Å². The summed E-state index contributed by atoms with van der Waals surface area (Å²) in [6, 6.07) is 13.6. The van der Waals surface area contributed by atoms with Gasteiger partial charge in [-0.1, -0.05) is 12.5 Å². The molecule has 2 heterocycles. The van der Waals surface area contributed by atoms with Crippen molar-refractivity contribution in [1.29, 1.82) is 0 Å². The molecule has 0 unspecified atom stereocenters. The van der Waals surface area contributed by atoms with E-state index in [2.05, 4.69) is 21.3 Å². The zero-order valence-electron chi connectivity index (χ0n) is 17.2. The van der Waals surface area contributed by atoms with Crippen LogP contribution in [0.2, 0.25) is 0 Å². The van der Waals surface area contributed by atoms with E-state index in [1.165, 1.54) is 42.5 Å². The van der Waals surface area contributed by atoms with Crippen molar-refractivity contribution in [2.45, 2.75) is 43.2 Å². The molecule has 0 radical (unpaired) electrons. The average molecular weight is 426 g/mol. The highest BCUT2D eigenvalue weighted by molar-refractivity contribution is 7.97. The Bertz CT molecular complexity index is 907. The van der Waals surface area contributed by atoms with E-state index in [-0.39, 0.29) is 11.7 Å². The highest BCUT2D eigenvalue weighted by atomic mass is 32.2. The van der Waals surface area contributed by atoms with Crippen molar-refractivity contribution in [3.8, 4) is 0 Å². The normalized spacial score (nSPS) is 20.6. The third kappa shape index (κ3) is 4.27. The van der Waals surface area contributed by atoms with Crippen molar-refractivity contribution in [2.24, 2.45) is 0 Å². The fraction of sp³-hybridized carbons (Fsp3) is 0.458. The van der Waals surface area contributed by atoms with Crippen LogP contribution in [0.3, 0.4) is 0 Å². The van der Waals surface area contributed by atoms with Crippen LogP contribution in [0, 0.1) is 5.82 Å². The van der Waals surface area contributed by atoms with Gasteiger partial charge in [0.2, 0.25) is 0 Å². The lowest BCUT2D eigenvalue weighted by Crippen LogP contribution is -2.53. The summed E-state index contributed by atoms with van der Waals surface area (Å²) in [5, 5.41) is 0. The van der Waals surface area contributed by atoms with E-state index in [1.807, 2.05) is 23.1 Å². The predicted molar refractivity (Wildman–Crippen MR) is 118 cm³/mol. The first-order valence-corrected chi connectivity index (χ1v) is 11.8. The molecule has 0 spiro atoms. The average Bonchev–Trinajstić information content (AvgIpc) is 2.74. The summed E-state index contributed by atoms with van der Waals surface area (Å²) in [5.41, 5.74) is 3.39. The Morgan fingerprint density at radius 3 is 2.40 bits per heavy atom. The van der Waals surface area contributed by atoms with Crippen LogP contribution >= 0.6 is 11.9 Å². The molecule has 2 fully saturated rings. The molecule has 0 aromatic heterocycles. The molecule has 5 rings (SSSR count). The van der Waals surface area contributed by atoms with Gasteiger partial charge in [-0.2, -0.15) is 0 Å². The van der Waals surface area contributed by atoms with Gasteiger partial charge in [-0.3, -0.25) is 9.69 Å². The maximum absolute atomic E-state index is 13.1. The molecule has 30 heavy (non-hydrogen) atoms. The van der Waals surface area contributed by atoms with Gasteiger partial charge >= 0.3 is 0 Å². The number of benzene rings is 2. The van der Waals surface area contributed by atoms with Gasteiger partial charge < -0.3 is 4.90 Å². The second-order valence-corrected chi connectivity index (χ2v) is 9.73. The number of rotatable bonds is 4. The van der Waals surface area contributed by atoms with Gasteiger partial charge in [0.25, 0.3) is 5.91 Å². The van der Waals surface area contributed by atoms with Crippen molar-refractivity contribution in [1.82, 2.24) is 14.1 Å². The molecule has 158 valence electrons. The minimum atomic E-state index is -0.204. The van der Waals surface area contributed by atoms with Gasteiger partial charge in [-0.25, -0.2) is 8.70 Å². The van der Waals surface area contributed by atoms with Crippen LogP contribution in [0.5, 0.6) is 0 Å². The van der Waals surface area contributed by atoms with Gasteiger partial charge in [0.15, 0.2) is 0 Å². The predicted octanol–water partition coefficient (Wildman–Crippen LogP) is 4.20. The Hall–Kier alpha value is -1.89. The number of halogens is 1. The Morgan fingerprint density at radius 2 is 1.70 bits per heavy atom. The fourth-order valence-corrected chi connectivity index (χ4v) is 5.55. The van der Waals surface area contributed by atoms with Crippen LogP contribution < -0.4 is 0 Å². The number of fused-ring (bicyclic) bond motifs is 1.